The summed E-state index contributed by atoms with van der Waals surface area (Å²) in [5, 5.41) is 11.9. The van der Waals surface area contributed by atoms with E-state index in [0.717, 1.165) is 32.5 Å². The molecule has 1 rings (SSSR count). The quantitative estimate of drug-likeness (QED) is 0.709. The van der Waals surface area contributed by atoms with Gasteiger partial charge in [-0.2, -0.15) is 5.26 Å². The summed E-state index contributed by atoms with van der Waals surface area (Å²) in [4.78, 5) is 2.10. The minimum Gasteiger partial charge on any atom is -0.362 e. The number of piperidine rings is 1. The number of hydrogen-bond donors (Lipinski definition) is 1. The average Bonchev–Trinajstić information content (AvgIpc) is 2.18. The van der Waals surface area contributed by atoms with Crippen LogP contribution in [0.4, 0.5) is 0 Å². The highest BCUT2D eigenvalue weighted by Gasteiger charge is 2.19. The molecule has 2 atom stereocenters. The summed E-state index contributed by atoms with van der Waals surface area (Å²) < 4.78 is 5.62. The highest BCUT2D eigenvalue weighted by Crippen LogP contribution is 2.13. The number of hydrogen-bond acceptors (Lipinski definition) is 4. The Hall–Kier alpha value is -0.630. The normalized spacial score (nSPS) is 27.6. The molecule has 1 heterocycles. The number of nitriles is 1. The van der Waals surface area contributed by atoms with Crippen molar-refractivity contribution < 1.29 is 4.74 Å². The maximum absolute atomic E-state index is 8.69. The third-order valence-corrected chi connectivity index (χ3v) is 2.41. The zero-order valence-corrected chi connectivity index (χ0v) is 8.99. The van der Waals surface area contributed by atoms with Crippen LogP contribution >= 0.6 is 0 Å². The van der Waals surface area contributed by atoms with Crippen molar-refractivity contribution in [2.45, 2.75) is 19.1 Å². The molecule has 14 heavy (non-hydrogen) atoms. The fourth-order valence-corrected chi connectivity index (χ4v) is 1.46. The summed E-state index contributed by atoms with van der Waals surface area (Å²) in [6.07, 6.45) is 2.06. The Morgan fingerprint density at radius 2 is 2.29 bits per heavy atom. The van der Waals surface area contributed by atoms with Crippen LogP contribution in [-0.2, 0) is 4.74 Å². The van der Waals surface area contributed by atoms with E-state index in [2.05, 4.69) is 16.3 Å². The van der Waals surface area contributed by atoms with Gasteiger partial charge in [0.1, 0.15) is 6.23 Å². The predicted octanol–water partition coefficient (Wildman–Crippen LogP) is 0.414. The molecule has 0 aromatic rings. The van der Waals surface area contributed by atoms with Crippen molar-refractivity contribution in [1.29, 1.82) is 5.26 Å². The molecule has 0 amide bonds. The van der Waals surface area contributed by atoms with E-state index in [1.54, 1.807) is 0 Å². The lowest BCUT2D eigenvalue weighted by Crippen LogP contribution is -2.41. The van der Waals surface area contributed by atoms with Gasteiger partial charge in [-0.15, -0.1) is 0 Å². The number of nitrogens with one attached hydrogen (secondary N) is 1. The number of likely N-dealkylation sites (N-methyl/N-ethyl adjacent to an activating group) is 1. The van der Waals surface area contributed by atoms with Gasteiger partial charge < -0.3 is 9.64 Å². The Morgan fingerprint density at radius 1 is 1.50 bits per heavy atom. The molecule has 0 spiro atoms. The maximum Gasteiger partial charge on any atom is 0.108 e. The second-order valence-electron chi connectivity index (χ2n) is 3.97. The van der Waals surface area contributed by atoms with E-state index < -0.39 is 0 Å². The Bertz CT molecular complexity index is 192. The van der Waals surface area contributed by atoms with Gasteiger partial charge in [0.15, 0.2) is 0 Å². The number of rotatable bonds is 4. The smallest absolute Gasteiger partial charge is 0.108 e. The summed E-state index contributed by atoms with van der Waals surface area (Å²) in [5.74, 6) is 0.170. The lowest BCUT2D eigenvalue weighted by Gasteiger charge is -2.26. The topological polar surface area (TPSA) is 48.3 Å². The van der Waals surface area contributed by atoms with Crippen molar-refractivity contribution in [2.24, 2.45) is 5.92 Å². The monoisotopic (exact) mass is 197 g/mol. The van der Waals surface area contributed by atoms with E-state index in [-0.39, 0.29) is 12.1 Å². The molecule has 0 saturated carbocycles. The molecule has 1 saturated heterocycles. The minimum absolute atomic E-state index is 0.152. The first-order valence-electron chi connectivity index (χ1n) is 5.11. The molecule has 4 nitrogen and oxygen atoms in total. The van der Waals surface area contributed by atoms with Gasteiger partial charge in [0, 0.05) is 13.1 Å². The van der Waals surface area contributed by atoms with E-state index in [0.29, 0.717) is 0 Å². The van der Waals surface area contributed by atoms with Crippen LogP contribution in [0.5, 0.6) is 0 Å². The summed E-state index contributed by atoms with van der Waals surface area (Å²) in [6.45, 7) is 2.46. The van der Waals surface area contributed by atoms with Gasteiger partial charge in [0.25, 0.3) is 0 Å². The molecule has 0 aliphatic carbocycles. The second kappa shape index (κ2) is 5.97. The van der Waals surface area contributed by atoms with Gasteiger partial charge in [-0.1, -0.05) is 0 Å². The van der Waals surface area contributed by atoms with Crippen molar-refractivity contribution in [3.8, 4) is 6.07 Å². The Kier molecular flexibility index (Phi) is 4.88. The summed E-state index contributed by atoms with van der Waals surface area (Å²) in [6, 6.07) is 2.27. The first-order chi connectivity index (χ1) is 6.72. The Labute approximate surface area is 85.8 Å². The lowest BCUT2D eigenvalue weighted by atomic mass is 10.0. The van der Waals surface area contributed by atoms with Crippen LogP contribution in [0.1, 0.15) is 12.8 Å². The Morgan fingerprint density at radius 3 is 2.79 bits per heavy atom. The zero-order valence-electron chi connectivity index (χ0n) is 8.99. The van der Waals surface area contributed by atoms with Gasteiger partial charge in [-0.25, -0.2) is 0 Å². The fraction of sp³-hybridized carbons (Fsp3) is 0.900. The van der Waals surface area contributed by atoms with Crippen LogP contribution < -0.4 is 5.32 Å². The van der Waals surface area contributed by atoms with Gasteiger partial charge in [-0.3, -0.25) is 5.32 Å². The van der Waals surface area contributed by atoms with E-state index in [4.69, 9.17) is 10.00 Å². The van der Waals surface area contributed by atoms with Crippen LogP contribution in [0.25, 0.3) is 0 Å². The van der Waals surface area contributed by atoms with E-state index >= 15 is 0 Å². The van der Waals surface area contributed by atoms with Crippen molar-refractivity contribution in [3.05, 3.63) is 0 Å². The average molecular weight is 197 g/mol. The highest BCUT2D eigenvalue weighted by atomic mass is 16.5. The van der Waals surface area contributed by atoms with E-state index in [1.807, 2.05) is 14.1 Å². The van der Waals surface area contributed by atoms with Gasteiger partial charge in [0.2, 0.25) is 0 Å². The van der Waals surface area contributed by atoms with Gasteiger partial charge in [-0.05, 0) is 26.9 Å². The van der Waals surface area contributed by atoms with Crippen molar-refractivity contribution >= 4 is 0 Å². The van der Waals surface area contributed by atoms with Crippen LogP contribution in [0.15, 0.2) is 0 Å². The van der Waals surface area contributed by atoms with Crippen LogP contribution in [-0.4, -0.2) is 44.9 Å². The zero-order chi connectivity index (χ0) is 10.4. The van der Waals surface area contributed by atoms with Gasteiger partial charge >= 0.3 is 0 Å². The van der Waals surface area contributed by atoms with Crippen LogP contribution in [0, 0.1) is 17.2 Å². The van der Waals surface area contributed by atoms with Crippen molar-refractivity contribution in [3.63, 3.8) is 0 Å². The highest BCUT2D eigenvalue weighted by molar-refractivity contribution is 4.88. The molecule has 0 radical (unpaired) electrons. The molecule has 1 aliphatic heterocycles. The molecule has 4 heteroatoms. The second-order valence-corrected chi connectivity index (χ2v) is 3.97. The first-order valence-corrected chi connectivity index (χ1v) is 5.11. The molecule has 2 unspecified atom stereocenters. The number of ether oxygens (including phenoxy) is 1. The first kappa shape index (κ1) is 11.4. The number of nitrogens with zero attached hydrogens (tertiary/aromatic N) is 2. The van der Waals surface area contributed by atoms with Crippen molar-refractivity contribution in [2.75, 3.05) is 33.8 Å². The summed E-state index contributed by atoms with van der Waals surface area (Å²) in [7, 11) is 4.06. The third kappa shape index (κ3) is 4.05. The molecule has 1 aliphatic rings. The van der Waals surface area contributed by atoms with Crippen molar-refractivity contribution in [1.82, 2.24) is 10.2 Å². The fourth-order valence-electron chi connectivity index (χ4n) is 1.46. The standard InChI is InChI=1S/C10H19N3O/c1-13(2)5-6-14-10-4-3-9(7-11)8-12-10/h9-10,12H,3-6,8H2,1-2H3. The van der Waals surface area contributed by atoms with Crippen LogP contribution in [0.3, 0.4) is 0 Å². The summed E-state index contributed by atoms with van der Waals surface area (Å²) >= 11 is 0. The molecule has 80 valence electrons. The molecule has 0 aromatic carbocycles. The van der Waals surface area contributed by atoms with E-state index in [9.17, 15) is 0 Å². The molecular weight excluding hydrogens is 178 g/mol. The minimum atomic E-state index is 0.152. The lowest BCUT2D eigenvalue weighted by molar-refractivity contribution is 0.00139. The molecule has 1 fully saturated rings. The van der Waals surface area contributed by atoms with Crippen LogP contribution in [0.2, 0.25) is 0 Å². The summed E-state index contributed by atoms with van der Waals surface area (Å²) in [5.41, 5.74) is 0. The molecule has 0 bridgehead atoms. The predicted molar refractivity (Wildman–Crippen MR) is 54.6 cm³/mol. The Balaban J connectivity index is 2.08. The van der Waals surface area contributed by atoms with Gasteiger partial charge in [0.05, 0.1) is 18.6 Å². The SMILES string of the molecule is CN(C)CCOC1CCC(C#N)CN1. The molecule has 0 aromatic heterocycles. The maximum atomic E-state index is 8.69. The molecular formula is C10H19N3O. The molecule has 1 N–H and O–H groups in total. The van der Waals surface area contributed by atoms with E-state index in [1.165, 1.54) is 0 Å². The largest absolute Gasteiger partial charge is 0.362 e. The third-order valence-electron chi connectivity index (χ3n) is 2.41.